The Morgan fingerprint density at radius 1 is 1.25 bits per heavy atom. The lowest BCUT2D eigenvalue weighted by Gasteiger charge is -2.15. The molecule has 0 atom stereocenters. The number of benzene rings is 1. The topological polar surface area (TPSA) is 43.4 Å². The van der Waals surface area contributed by atoms with Crippen LogP contribution in [0.4, 0.5) is 5.82 Å². The smallest absolute Gasteiger partial charge is 0.155 e. The van der Waals surface area contributed by atoms with Gasteiger partial charge in [0.15, 0.2) is 5.82 Å². The first kappa shape index (κ1) is 15.2. The molecule has 0 saturated carbocycles. The number of hydrogen-bond acceptors (Lipinski definition) is 5. The number of fused-ring (bicyclic) bond motifs is 1. The predicted octanol–water partition coefficient (Wildman–Crippen LogP) is 4.30. The Labute approximate surface area is 144 Å². The van der Waals surface area contributed by atoms with E-state index >= 15 is 0 Å². The van der Waals surface area contributed by atoms with Crippen molar-refractivity contribution in [3.8, 4) is 5.75 Å². The molecule has 5 nitrogen and oxygen atoms in total. The minimum absolute atomic E-state index is 0.572. The Morgan fingerprint density at radius 2 is 2.12 bits per heavy atom. The van der Waals surface area contributed by atoms with Crippen LogP contribution in [0.15, 0.2) is 51.5 Å². The van der Waals surface area contributed by atoms with Crippen molar-refractivity contribution in [1.29, 1.82) is 0 Å². The highest BCUT2D eigenvalue weighted by molar-refractivity contribution is 8.03. The molecule has 0 aliphatic carbocycles. The first-order valence-corrected chi connectivity index (χ1v) is 8.81. The van der Waals surface area contributed by atoms with Crippen LogP contribution in [0, 0.1) is 6.92 Å². The van der Waals surface area contributed by atoms with E-state index in [2.05, 4.69) is 16.9 Å². The van der Waals surface area contributed by atoms with E-state index in [0.29, 0.717) is 6.61 Å². The normalized spacial score (nSPS) is 14.9. The molecule has 1 aromatic carbocycles. The summed E-state index contributed by atoms with van der Waals surface area (Å²) in [6, 6.07) is 10.00. The number of anilines is 1. The van der Waals surface area contributed by atoms with Gasteiger partial charge in [0.1, 0.15) is 23.7 Å². The molecular formula is C18H19N3O2S. The highest BCUT2D eigenvalue weighted by Gasteiger charge is 2.23. The van der Waals surface area contributed by atoms with Crippen molar-refractivity contribution in [3.05, 3.63) is 52.9 Å². The standard InChI is InChI=1S/C18H19N3O2S/c1-12-8-14-9-15(4-5-16(14)23-12)22-10-17-13(2)21(11-24-17)18-6-7-20(3)19-18/h4-9H,10-11H2,1-3H3. The molecule has 124 valence electrons. The molecule has 3 aromatic rings. The van der Waals surface area contributed by atoms with Crippen molar-refractivity contribution in [2.24, 2.45) is 7.05 Å². The molecular weight excluding hydrogens is 322 g/mol. The molecule has 4 rings (SSSR count). The van der Waals surface area contributed by atoms with Crippen LogP contribution in [0.3, 0.4) is 0 Å². The monoisotopic (exact) mass is 341 g/mol. The molecule has 0 N–H and O–H groups in total. The van der Waals surface area contributed by atoms with Crippen LogP contribution < -0.4 is 9.64 Å². The number of aromatic nitrogens is 2. The molecule has 0 saturated heterocycles. The zero-order valence-corrected chi connectivity index (χ0v) is 14.8. The van der Waals surface area contributed by atoms with E-state index in [1.165, 1.54) is 10.6 Å². The highest BCUT2D eigenvalue weighted by Crippen LogP contribution is 2.35. The summed E-state index contributed by atoms with van der Waals surface area (Å²) < 4.78 is 13.4. The fourth-order valence-electron chi connectivity index (χ4n) is 2.82. The minimum Gasteiger partial charge on any atom is -0.488 e. The van der Waals surface area contributed by atoms with E-state index in [1.807, 2.05) is 55.2 Å². The molecule has 0 fully saturated rings. The Balaban J connectivity index is 1.49. The molecule has 24 heavy (non-hydrogen) atoms. The van der Waals surface area contributed by atoms with Gasteiger partial charge >= 0.3 is 0 Å². The van der Waals surface area contributed by atoms with Gasteiger partial charge in [0, 0.05) is 35.3 Å². The number of furan rings is 1. The Kier molecular flexibility index (Phi) is 3.76. The lowest BCUT2D eigenvalue weighted by atomic mass is 10.2. The average molecular weight is 341 g/mol. The first-order valence-electron chi connectivity index (χ1n) is 7.83. The third kappa shape index (κ3) is 2.78. The van der Waals surface area contributed by atoms with E-state index in [9.17, 15) is 0 Å². The number of nitrogens with zero attached hydrogens (tertiary/aromatic N) is 3. The van der Waals surface area contributed by atoms with Crippen LogP contribution in [0.25, 0.3) is 11.0 Å². The molecule has 0 unspecified atom stereocenters. The minimum atomic E-state index is 0.572. The second-order valence-electron chi connectivity index (χ2n) is 5.90. The summed E-state index contributed by atoms with van der Waals surface area (Å²) in [5.74, 6) is 3.63. The lowest BCUT2D eigenvalue weighted by Crippen LogP contribution is -2.17. The van der Waals surface area contributed by atoms with Crippen LogP contribution in [0.2, 0.25) is 0 Å². The van der Waals surface area contributed by atoms with Crippen LogP contribution in [0.1, 0.15) is 12.7 Å². The second kappa shape index (κ2) is 5.94. The Morgan fingerprint density at radius 3 is 2.92 bits per heavy atom. The van der Waals surface area contributed by atoms with Gasteiger partial charge in [-0.05, 0) is 38.1 Å². The van der Waals surface area contributed by atoms with Crippen molar-refractivity contribution in [3.63, 3.8) is 0 Å². The number of aryl methyl sites for hydroxylation is 2. The van der Waals surface area contributed by atoms with Crippen molar-refractivity contribution >= 4 is 28.5 Å². The molecule has 0 bridgehead atoms. The Hall–Kier alpha value is -2.34. The molecule has 1 aliphatic heterocycles. The summed E-state index contributed by atoms with van der Waals surface area (Å²) >= 11 is 1.80. The molecule has 2 aromatic heterocycles. The van der Waals surface area contributed by atoms with Crippen molar-refractivity contribution in [2.75, 3.05) is 17.4 Å². The van der Waals surface area contributed by atoms with Crippen molar-refractivity contribution in [2.45, 2.75) is 13.8 Å². The summed E-state index contributed by atoms with van der Waals surface area (Å²) in [5.41, 5.74) is 2.10. The van der Waals surface area contributed by atoms with Crippen molar-refractivity contribution < 1.29 is 9.15 Å². The fourth-order valence-corrected chi connectivity index (χ4v) is 3.89. The van der Waals surface area contributed by atoms with E-state index in [0.717, 1.165) is 34.2 Å². The summed E-state index contributed by atoms with van der Waals surface area (Å²) in [6.07, 6.45) is 1.96. The molecule has 3 heterocycles. The van der Waals surface area contributed by atoms with E-state index in [4.69, 9.17) is 9.15 Å². The third-order valence-electron chi connectivity index (χ3n) is 4.13. The zero-order valence-electron chi connectivity index (χ0n) is 13.9. The van der Waals surface area contributed by atoms with Crippen molar-refractivity contribution in [1.82, 2.24) is 9.78 Å². The van der Waals surface area contributed by atoms with Gasteiger partial charge in [-0.3, -0.25) is 4.68 Å². The second-order valence-corrected chi connectivity index (χ2v) is 6.94. The van der Waals surface area contributed by atoms with Crippen LogP contribution in [-0.2, 0) is 7.05 Å². The largest absolute Gasteiger partial charge is 0.488 e. The maximum Gasteiger partial charge on any atom is 0.155 e. The highest BCUT2D eigenvalue weighted by atomic mass is 32.2. The maximum absolute atomic E-state index is 5.99. The van der Waals surface area contributed by atoms with Crippen LogP contribution >= 0.6 is 11.8 Å². The number of ether oxygens (including phenoxy) is 1. The van der Waals surface area contributed by atoms with Gasteiger partial charge in [-0.1, -0.05) is 0 Å². The number of rotatable bonds is 4. The van der Waals surface area contributed by atoms with Gasteiger partial charge in [-0.2, -0.15) is 5.10 Å². The van der Waals surface area contributed by atoms with E-state index < -0.39 is 0 Å². The molecule has 0 amide bonds. The van der Waals surface area contributed by atoms with Gasteiger partial charge in [0.2, 0.25) is 0 Å². The number of thioether (sulfide) groups is 1. The Bertz CT molecular complexity index is 925. The fraction of sp³-hybridized carbons (Fsp3) is 0.278. The molecule has 1 aliphatic rings. The summed E-state index contributed by atoms with van der Waals surface area (Å²) in [4.78, 5) is 3.45. The van der Waals surface area contributed by atoms with E-state index in [1.54, 1.807) is 11.8 Å². The van der Waals surface area contributed by atoms with Gasteiger partial charge in [0.25, 0.3) is 0 Å². The quantitative estimate of drug-likeness (QED) is 0.708. The van der Waals surface area contributed by atoms with Crippen LogP contribution in [-0.4, -0.2) is 22.3 Å². The summed E-state index contributed by atoms with van der Waals surface area (Å²) in [6.45, 7) is 4.65. The van der Waals surface area contributed by atoms with Gasteiger partial charge < -0.3 is 14.1 Å². The van der Waals surface area contributed by atoms with E-state index in [-0.39, 0.29) is 0 Å². The van der Waals surface area contributed by atoms with Gasteiger partial charge in [-0.15, -0.1) is 11.8 Å². The number of allylic oxidation sites excluding steroid dienone is 1. The lowest BCUT2D eigenvalue weighted by molar-refractivity contribution is 0.359. The third-order valence-corrected chi connectivity index (χ3v) is 5.28. The zero-order chi connectivity index (χ0) is 16.7. The van der Waals surface area contributed by atoms with Gasteiger partial charge in [-0.25, -0.2) is 0 Å². The average Bonchev–Trinajstić information content (AvgIpc) is 3.23. The van der Waals surface area contributed by atoms with Crippen LogP contribution in [0.5, 0.6) is 5.75 Å². The molecule has 0 spiro atoms. The summed E-state index contributed by atoms with van der Waals surface area (Å²) in [7, 11) is 1.93. The first-order chi connectivity index (χ1) is 11.6. The predicted molar refractivity (Wildman–Crippen MR) is 97.3 cm³/mol. The SMILES string of the molecule is CC1=C(COc2ccc3oc(C)cc3c2)SCN1c1ccn(C)n1. The number of hydrogen-bond donors (Lipinski definition) is 0. The van der Waals surface area contributed by atoms with Gasteiger partial charge in [0.05, 0.1) is 5.88 Å². The molecule has 6 heteroatoms. The summed E-state index contributed by atoms with van der Waals surface area (Å²) in [5, 5.41) is 5.55. The molecule has 0 radical (unpaired) electrons. The maximum atomic E-state index is 5.99.